The van der Waals surface area contributed by atoms with E-state index in [-0.39, 0.29) is 0 Å². The van der Waals surface area contributed by atoms with E-state index in [2.05, 4.69) is 40.6 Å². The molecule has 0 heterocycles. The molecule has 3 radical (unpaired) electrons. The van der Waals surface area contributed by atoms with Gasteiger partial charge in [0.25, 0.3) is 0 Å². The van der Waals surface area contributed by atoms with Crippen LogP contribution in [0, 0.1) is 0 Å². The lowest BCUT2D eigenvalue weighted by Crippen LogP contribution is -2.20. The quantitative estimate of drug-likeness (QED) is 0.758. The van der Waals surface area contributed by atoms with Gasteiger partial charge in [0.15, 0.2) is 0 Å². The third-order valence-electron chi connectivity index (χ3n) is 3.81. The monoisotopic (exact) mass is 239 g/mol. The Labute approximate surface area is 105 Å². The second-order valence-corrected chi connectivity index (χ2v) is 5.59. The average Bonchev–Trinajstić information content (AvgIpc) is 2.77. The van der Waals surface area contributed by atoms with Crippen LogP contribution in [0.15, 0.2) is 36.4 Å². The van der Waals surface area contributed by atoms with Crippen molar-refractivity contribution < 1.29 is 5.11 Å². The number of rotatable bonds is 1. The number of hydrogen-bond acceptors (Lipinski definition) is 1. The van der Waals surface area contributed by atoms with E-state index in [4.69, 9.17) is 0 Å². The molecule has 17 heavy (non-hydrogen) atoms. The number of aliphatic hydroxyl groups is 1. The summed E-state index contributed by atoms with van der Waals surface area (Å²) < 4.78 is 0. The maximum atomic E-state index is 10.6. The minimum atomic E-state index is -0.583. The largest absolute Gasteiger partial charge is 0.385 e. The lowest BCUT2D eigenvalue weighted by atomic mass is 9.90. The minimum absolute atomic E-state index is 0.583. The molecule has 1 fully saturated rings. The molecule has 1 aliphatic rings. The van der Waals surface area contributed by atoms with Crippen LogP contribution < -0.4 is 5.19 Å². The van der Waals surface area contributed by atoms with E-state index < -0.39 is 5.60 Å². The SMILES string of the molecule is OC1(c2ccc3cc([Si])ccc3c2)CCCC1. The first kappa shape index (κ1) is 11.0. The highest BCUT2D eigenvalue weighted by Gasteiger charge is 2.32. The lowest BCUT2D eigenvalue weighted by Gasteiger charge is -2.23. The molecule has 1 saturated carbocycles. The molecular weight excluding hydrogens is 224 g/mol. The van der Waals surface area contributed by atoms with Gasteiger partial charge in [0.1, 0.15) is 0 Å². The zero-order valence-electron chi connectivity index (χ0n) is 9.74. The van der Waals surface area contributed by atoms with Crippen molar-refractivity contribution in [3.63, 3.8) is 0 Å². The van der Waals surface area contributed by atoms with E-state index in [1.807, 2.05) is 6.07 Å². The van der Waals surface area contributed by atoms with E-state index in [0.29, 0.717) is 0 Å². The molecule has 3 rings (SSSR count). The molecule has 1 aliphatic carbocycles. The molecule has 1 nitrogen and oxygen atoms in total. The van der Waals surface area contributed by atoms with Crippen LogP contribution in [0.1, 0.15) is 31.2 Å². The smallest absolute Gasteiger partial charge is 0.0896 e. The van der Waals surface area contributed by atoms with Crippen molar-refractivity contribution in [2.24, 2.45) is 0 Å². The van der Waals surface area contributed by atoms with E-state index >= 15 is 0 Å². The van der Waals surface area contributed by atoms with Gasteiger partial charge in [0.2, 0.25) is 0 Å². The van der Waals surface area contributed by atoms with Crippen LogP contribution in [0.3, 0.4) is 0 Å². The fourth-order valence-electron chi connectivity index (χ4n) is 2.78. The van der Waals surface area contributed by atoms with Crippen LogP contribution in [0.25, 0.3) is 10.8 Å². The van der Waals surface area contributed by atoms with Gasteiger partial charge in [-0.25, -0.2) is 0 Å². The molecule has 0 bridgehead atoms. The summed E-state index contributed by atoms with van der Waals surface area (Å²) >= 11 is 0. The molecule has 0 atom stereocenters. The first-order chi connectivity index (χ1) is 8.17. The van der Waals surface area contributed by atoms with Crippen molar-refractivity contribution in [3.8, 4) is 0 Å². The van der Waals surface area contributed by atoms with Crippen molar-refractivity contribution >= 4 is 26.2 Å². The van der Waals surface area contributed by atoms with Gasteiger partial charge in [-0.15, -0.1) is 0 Å². The molecule has 0 spiro atoms. The summed E-state index contributed by atoms with van der Waals surface area (Å²) in [5.41, 5.74) is 0.491. The topological polar surface area (TPSA) is 20.2 Å². The highest BCUT2D eigenvalue weighted by atomic mass is 28.1. The lowest BCUT2D eigenvalue weighted by molar-refractivity contribution is 0.0446. The Kier molecular flexibility index (Phi) is 2.57. The van der Waals surface area contributed by atoms with Crippen LogP contribution in [-0.2, 0) is 5.60 Å². The highest BCUT2D eigenvalue weighted by Crippen LogP contribution is 2.39. The van der Waals surface area contributed by atoms with Crippen LogP contribution in [0.4, 0.5) is 0 Å². The Morgan fingerprint density at radius 3 is 2.35 bits per heavy atom. The minimum Gasteiger partial charge on any atom is -0.385 e. The Hall–Kier alpha value is -1.12. The molecule has 0 amide bonds. The predicted molar refractivity (Wildman–Crippen MR) is 71.7 cm³/mol. The van der Waals surface area contributed by atoms with Gasteiger partial charge in [-0.2, -0.15) is 0 Å². The molecule has 0 aliphatic heterocycles. The summed E-state index contributed by atoms with van der Waals surface area (Å²) in [5, 5.41) is 14.1. The van der Waals surface area contributed by atoms with Crippen molar-refractivity contribution in [2.45, 2.75) is 31.3 Å². The number of benzene rings is 2. The van der Waals surface area contributed by atoms with E-state index in [0.717, 1.165) is 36.4 Å². The summed E-state index contributed by atoms with van der Waals surface area (Å²) in [6, 6.07) is 12.5. The first-order valence-corrected chi connectivity index (χ1v) is 6.66. The zero-order valence-corrected chi connectivity index (χ0v) is 10.7. The Morgan fingerprint density at radius 1 is 0.941 bits per heavy atom. The maximum Gasteiger partial charge on any atom is 0.0896 e. The second-order valence-electron chi connectivity index (χ2n) is 5.02. The van der Waals surface area contributed by atoms with E-state index in [1.54, 1.807) is 0 Å². The van der Waals surface area contributed by atoms with Crippen LogP contribution in [0.5, 0.6) is 0 Å². The molecule has 0 aromatic heterocycles. The molecule has 85 valence electrons. The molecule has 0 saturated heterocycles. The van der Waals surface area contributed by atoms with E-state index in [9.17, 15) is 5.11 Å². The van der Waals surface area contributed by atoms with Crippen molar-refractivity contribution in [1.82, 2.24) is 0 Å². The van der Waals surface area contributed by atoms with Gasteiger partial charge in [-0.1, -0.05) is 48.4 Å². The van der Waals surface area contributed by atoms with Crippen molar-refractivity contribution in [3.05, 3.63) is 42.0 Å². The summed E-state index contributed by atoms with van der Waals surface area (Å²) in [6.07, 6.45) is 4.06. The van der Waals surface area contributed by atoms with Gasteiger partial charge >= 0.3 is 0 Å². The van der Waals surface area contributed by atoms with Crippen molar-refractivity contribution in [2.75, 3.05) is 0 Å². The summed E-state index contributed by atoms with van der Waals surface area (Å²) in [5.74, 6) is 0. The van der Waals surface area contributed by atoms with Gasteiger partial charge < -0.3 is 5.11 Å². The number of fused-ring (bicyclic) bond motifs is 1. The molecule has 0 unspecified atom stereocenters. The Bertz CT molecular complexity index is 556. The summed E-state index contributed by atoms with van der Waals surface area (Å²) in [4.78, 5) is 0. The fraction of sp³-hybridized carbons (Fsp3) is 0.333. The Balaban J connectivity index is 2.10. The third kappa shape index (κ3) is 1.92. The van der Waals surface area contributed by atoms with Gasteiger partial charge in [0, 0.05) is 0 Å². The average molecular weight is 239 g/mol. The van der Waals surface area contributed by atoms with Gasteiger partial charge in [0.05, 0.1) is 15.8 Å². The normalized spacial score (nSPS) is 18.7. The zero-order chi connectivity index (χ0) is 11.9. The second kappa shape index (κ2) is 3.97. The van der Waals surface area contributed by atoms with Crippen molar-refractivity contribution in [1.29, 1.82) is 0 Å². The third-order valence-corrected chi connectivity index (χ3v) is 4.12. The molecule has 2 heteroatoms. The van der Waals surface area contributed by atoms with E-state index in [1.165, 1.54) is 10.8 Å². The maximum absolute atomic E-state index is 10.6. The fourth-order valence-corrected chi connectivity index (χ4v) is 3.02. The first-order valence-electron chi connectivity index (χ1n) is 6.16. The standard InChI is InChI=1S/C15H15OSi/c16-15(7-1-2-8-15)13-5-3-12-10-14(17)6-4-11(12)9-13/h3-6,9-10,16H,1-2,7-8H2. The van der Waals surface area contributed by atoms with Crippen LogP contribution >= 0.6 is 0 Å². The summed E-state index contributed by atoms with van der Waals surface area (Å²) in [6.45, 7) is 0. The van der Waals surface area contributed by atoms with Crippen LogP contribution in [-0.4, -0.2) is 15.3 Å². The van der Waals surface area contributed by atoms with Gasteiger partial charge in [-0.05, 0) is 35.2 Å². The molecule has 2 aromatic carbocycles. The molecule has 2 aromatic rings. The Morgan fingerprint density at radius 2 is 1.59 bits per heavy atom. The van der Waals surface area contributed by atoms with Gasteiger partial charge in [-0.3, -0.25) is 0 Å². The molecular formula is C15H15OSi. The summed E-state index contributed by atoms with van der Waals surface area (Å²) in [7, 11) is 3.53. The predicted octanol–water partition coefficient (Wildman–Crippen LogP) is 2.40. The number of hydrogen-bond donors (Lipinski definition) is 1. The van der Waals surface area contributed by atoms with Crippen LogP contribution in [0.2, 0.25) is 0 Å². The highest BCUT2D eigenvalue weighted by molar-refractivity contribution is 6.33. The molecule has 1 N–H and O–H groups in total.